The Kier molecular flexibility index (Phi) is 4.93. The molecule has 0 unspecified atom stereocenters. The number of nitrogens with one attached hydrogen (secondary N) is 1. The summed E-state index contributed by atoms with van der Waals surface area (Å²) in [4.78, 5) is 11.6. The van der Waals surface area contributed by atoms with E-state index >= 15 is 0 Å². The van der Waals surface area contributed by atoms with Crippen LogP contribution in [0.3, 0.4) is 0 Å². The van der Waals surface area contributed by atoms with Gasteiger partial charge in [0.1, 0.15) is 0 Å². The van der Waals surface area contributed by atoms with E-state index in [-0.39, 0.29) is 11.4 Å². The zero-order valence-electron chi connectivity index (χ0n) is 8.94. The highest BCUT2D eigenvalue weighted by Gasteiger charge is 2.35. The van der Waals surface area contributed by atoms with Crippen LogP contribution in [0.2, 0.25) is 0 Å². The average Bonchev–Trinajstić information content (AvgIpc) is 2.12. The lowest BCUT2D eigenvalue weighted by molar-refractivity contribution is -0.124. The number of rotatable bonds is 6. The van der Waals surface area contributed by atoms with Gasteiger partial charge in [0.2, 0.25) is 5.91 Å². The molecular formula is C11H20BrNO. The summed E-state index contributed by atoms with van der Waals surface area (Å²) in [5, 5.41) is 4.18. The van der Waals surface area contributed by atoms with Gasteiger partial charge in [0.15, 0.2) is 0 Å². The molecule has 1 N–H and O–H groups in total. The third-order valence-electron chi connectivity index (χ3n) is 3.18. The molecule has 0 aromatic carbocycles. The Hall–Kier alpha value is -0.0500. The van der Waals surface area contributed by atoms with Crippen molar-refractivity contribution in [1.82, 2.24) is 5.32 Å². The molecule has 14 heavy (non-hydrogen) atoms. The Morgan fingerprint density at radius 3 is 2.57 bits per heavy atom. The van der Waals surface area contributed by atoms with Gasteiger partial charge in [0.05, 0.1) is 0 Å². The summed E-state index contributed by atoms with van der Waals surface area (Å²) in [6.07, 6.45) is 7.48. The van der Waals surface area contributed by atoms with Crippen molar-refractivity contribution >= 4 is 21.8 Å². The van der Waals surface area contributed by atoms with Crippen molar-refractivity contribution < 1.29 is 4.79 Å². The van der Waals surface area contributed by atoms with E-state index < -0.39 is 0 Å². The van der Waals surface area contributed by atoms with Crippen LogP contribution in [-0.2, 0) is 4.79 Å². The third-order valence-corrected chi connectivity index (χ3v) is 3.74. The molecule has 1 amide bonds. The maximum Gasteiger partial charge on any atom is 0.220 e. The molecule has 0 bridgehead atoms. The van der Waals surface area contributed by atoms with Gasteiger partial charge in [0.25, 0.3) is 0 Å². The van der Waals surface area contributed by atoms with E-state index in [1.54, 1.807) is 0 Å². The average molecular weight is 262 g/mol. The Balaban J connectivity index is 2.18. The van der Waals surface area contributed by atoms with E-state index in [0.717, 1.165) is 24.6 Å². The van der Waals surface area contributed by atoms with Crippen LogP contribution in [-0.4, -0.2) is 16.8 Å². The molecule has 1 rings (SSSR count). The van der Waals surface area contributed by atoms with Crippen molar-refractivity contribution in [2.45, 2.75) is 57.4 Å². The molecule has 0 radical (unpaired) electrons. The van der Waals surface area contributed by atoms with E-state index in [0.29, 0.717) is 6.42 Å². The fraction of sp³-hybridized carbons (Fsp3) is 0.909. The summed E-state index contributed by atoms with van der Waals surface area (Å²) in [7, 11) is 0. The lowest BCUT2D eigenvalue weighted by Gasteiger charge is -2.42. The fourth-order valence-electron chi connectivity index (χ4n) is 1.91. The molecule has 3 heteroatoms. The van der Waals surface area contributed by atoms with Crippen LogP contribution >= 0.6 is 15.9 Å². The van der Waals surface area contributed by atoms with Crippen molar-refractivity contribution in [2.75, 3.05) is 5.33 Å². The van der Waals surface area contributed by atoms with E-state index in [1.165, 1.54) is 19.3 Å². The van der Waals surface area contributed by atoms with Crippen molar-refractivity contribution in [3.63, 3.8) is 0 Å². The largest absolute Gasteiger partial charge is 0.351 e. The summed E-state index contributed by atoms with van der Waals surface area (Å²) >= 11 is 3.37. The molecule has 0 aliphatic heterocycles. The smallest absolute Gasteiger partial charge is 0.220 e. The van der Waals surface area contributed by atoms with Gasteiger partial charge in [0, 0.05) is 17.3 Å². The molecule has 0 spiro atoms. The highest BCUT2D eigenvalue weighted by Crippen LogP contribution is 2.34. The Morgan fingerprint density at radius 1 is 1.43 bits per heavy atom. The normalized spacial score (nSPS) is 18.7. The number of halogens is 1. The monoisotopic (exact) mass is 261 g/mol. The molecule has 1 aliphatic rings. The molecule has 2 nitrogen and oxygen atoms in total. The first-order valence-corrected chi connectivity index (χ1v) is 6.71. The number of carbonyl (C=O) groups is 1. The molecule has 82 valence electrons. The van der Waals surface area contributed by atoms with Crippen molar-refractivity contribution in [2.24, 2.45) is 0 Å². The first-order chi connectivity index (χ1) is 6.72. The minimum absolute atomic E-state index is 0.172. The van der Waals surface area contributed by atoms with Gasteiger partial charge in [-0.25, -0.2) is 0 Å². The quantitative estimate of drug-likeness (QED) is 0.578. The zero-order chi connectivity index (χ0) is 10.4. The summed E-state index contributed by atoms with van der Waals surface area (Å²) in [5.41, 5.74) is 0.172. The van der Waals surface area contributed by atoms with Crippen LogP contribution in [0.25, 0.3) is 0 Å². The second-order valence-electron chi connectivity index (χ2n) is 4.18. The number of carbonyl (C=O) groups excluding carboxylic acids is 1. The number of unbranched alkanes of at least 4 members (excludes halogenated alkanes) is 1. The standard InChI is InChI=1S/C11H20BrNO/c1-2-11(7-5-8-11)13-10(14)6-3-4-9-12/h2-9H2,1H3,(H,13,14). The van der Waals surface area contributed by atoms with Crippen molar-refractivity contribution in [1.29, 1.82) is 0 Å². The first-order valence-electron chi connectivity index (χ1n) is 5.59. The Morgan fingerprint density at radius 2 is 2.14 bits per heavy atom. The Labute approximate surface area is 95.0 Å². The van der Waals surface area contributed by atoms with E-state index in [4.69, 9.17) is 0 Å². The minimum Gasteiger partial charge on any atom is -0.351 e. The molecule has 1 fully saturated rings. The topological polar surface area (TPSA) is 29.1 Å². The van der Waals surface area contributed by atoms with E-state index in [9.17, 15) is 4.79 Å². The molecule has 0 atom stereocenters. The number of amides is 1. The van der Waals surface area contributed by atoms with Gasteiger partial charge < -0.3 is 5.32 Å². The molecular weight excluding hydrogens is 242 g/mol. The molecule has 0 aromatic rings. The van der Waals surface area contributed by atoms with Crippen LogP contribution in [0.15, 0.2) is 0 Å². The Bertz CT molecular complexity index is 184. The van der Waals surface area contributed by atoms with Crippen LogP contribution in [0.4, 0.5) is 0 Å². The van der Waals surface area contributed by atoms with Gasteiger partial charge in [-0.1, -0.05) is 22.9 Å². The SMILES string of the molecule is CCC1(NC(=O)CCCCBr)CCC1. The van der Waals surface area contributed by atoms with Crippen LogP contribution in [0.1, 0.15) is 51.9 Å². The van der Waals surface area contributed by atoms with E-state index in [2.05, 4.69) is 28.2 Å². The molecule has 1 saturated carbocycles. The summed E-state index contributed by atoms with van der Waals surface area (Å²) < 4.78 is 0. The van der Waals surface area contributed by atoms with Crippen LogP contribution in [0.5, 0.6) is 0 Å². The minimum atomic E-state index is 0.172. The predicted octanol–water partition coefficient (Wildman–Crippen LogP) is 3.00. The summed E-state index contributed by atoms with van der Waals surface area (Å²) in [6.45, 7) is 2.16. The molecule has 0 heterocycles. The van der Waals surface area contributed by atoms with Gasteiger partial charge in [-0.3, -0.25) is 4.79 Å². The van der Waals surface area contributed by atoms with Gasteiger partial charge in [-0.15, -0.1) is 0 Å². The highest BCUT2D eigenvalue weighted by molar-refractivity contribution is 9.09. The van der Waals surface area contributed by atoms with Crippen molar-refractivity contribution in [3.05, 3.63) is 0 Å². The number of hydrogen-bond donors (Lipinski definition) is 1. The van der Waals surface area contributed by atoms with E-state index in [1.807, 2.05) is 0 Å². The van der Waals surface area contributed by atoms with Gasteiger partial charge >= 0.3 is 0 Å². The fourth-order valence-corrected chi connectivity index (χ4v) is 2.31. The lowest BCUT2D eigenvalue weighted by Crippen LogP contribution is -2.52. The second-order valence-corrected chi connectivity index (χ2v) is 4.97. The second kappa shape index (κ2) is 5.74. The third kappa shape index (κ3) is 3.26. The summed E-state index contributed by atoms with van der Waals surface area (Å²) in [5.74, 6) is 0.243. The molecule has 1 aliphatic carbocycles. The summed E-state index contributed by atoms with van der Waals surface area (Å²) in [6, 6.07) is 0. The zero-order valence-corrected chi connectivity index (χ0v) is 10.5. The number of hydrogen-bond acceptors (Lipinski definition) is 1. The van der Waals surface area contributed by atoms with Crippen LogP contribution < -0.4 is 5.32 Å². The van der Waals surface area contributed by atoms with Gasteiger partial charge in [-0.05, 0) is 38.5 Å². The molecule has 0 saturated heterocycles. The van der Waals surface area contributed by atoms with Gasteiger partial charge in [-0.2, -0.15) is 0 Å². The maximum atomic E-state index is 11.6. The first kappa shape index (κ1) is 12.0. The van der Waals surface area contributed by atoms with Crippen molar-refractivity contribution in [3.8, 4) is 0 Å². The number of alkyl halides is 1. The maximum absolute atomic E-state index is 11.6. The van der Waals surface area contributed by atoms with Crippen LogP contribution in [0, 0.1) is 0 Å². The lowest BCUT2D eigenvalue weighted by atomic mass is 9.75. The predicted molar refractivity (Wildman–Crippen MR) is 62.7 cm³/mol. The highest BCUT2D eigenvalue weighted by atomic mass is 79.9. The molecule has 0 aromatic heterocycles.